The number of aryl methyl sites for hydroxylation is 1. The van der Waals surface area contributed by atoms with Gasteiger partial charge < -0.3 is 9.71 Å². The van der Waals surface area contributed by atoms with E-state index in [0.717, 1.165) is 0 Å². The standard InChI is InChI=1S/C65H75BN2S/c1-38-31-45-48(64(13,14)29-27-61(45,7)8)36-51(38)67-50-23-24-55-56(41-19-17-18-20-54(41)69-55)58(50)66-57-43(32-39(33-53(57)67)59(2,3)4)42-35-47-49(65(15,16)30-28-63(47,11)12)37-52(42)68(66)40-21-22-44-46(34-40)62(9,10)26-25-60(44,5)6/h17-24,31-37H,25-30H2,1-16H3. The number of hydrogen-bond acceptors (Lipinski definition) is 3. The second-order valence-electron chi connectivity index (χ2n) is 27.4. The molecule has 7 aromatic rings. The lowest BCUT2D eigenvalue weighted by Crippen LogP contribution is -2.62. The zero-order valence-corrected chi connectivity index (χ0v) is 45.6. The molecule has 0 fully saturated rings. The van der Waals surface area contributed by atoms with Crippen molar-refractivity contribution in [3.05, 3.63) is 136 Å². The van der Waals surface area contributed by atoms with Crippen LogP contribution in [-0.2, 0) is 37.9 Å². The first-order valence-electron chi connectivity index (χ1n) is 26.4. The van der Waals surface area contributed by atoms with Crippen LogP contribution < -0.4 is 20.6 Å². The predicted molar refractivity (Wildman–Crippen MR) is 302 cm³/mol. The smallest absolute Gasteiger partial charge is 0.333 e. The van der Waals surface area contributed by atoms with Crippen molar-refractivity contribution in [3.8, 4) is 11.1 Å². The minimum atomic E-state index is -0.0823. The lowest BCUT2D eigenvalue weighted by molar-refractivity contribution is 0.332. The third-order valence-corrected chi connectivity index (χ3v) is 20.1. The molecule has 69 heavy (non-hydrogen) atoms. The van der Waals surface area contributed by atoms with Crippen LogP contribution in [0.15, 0.2) is 91.0 Å². The van der Waals surface area contributed by atoms with Crippen molar-refractivity contribution in [2.45, 2.75) is 187 Å². The Morgan fingerprint density at radius 3 is 1.61 bits per heavy atom. The zero-order chi connectivity index (χ0) is 48.9. The highest BCUT2D eigenvalue weighted by molar-refractivity contribution is 7.26. The van der Waals surface area contributed by atoms with Crippen LogP contribution in [0.25, 0.3) is 31.3 Å². The van der Waals surface area contributed by atoms with Crippen LogP contribution in [0.4, 0.5) is 28.4 Å². The summed E-state index contributed by atoms with van der Waals surface area (Å²) in [6.07, 6.45) is 7.14. The Bertz CT molecular complexity index is 3360. The average molecular weight is 927 g/mol. The van der Waals surface area contributed by atoms with E-state index in [2.05, 4.69) is 211 Å². The fraction of sp³-hybridized carbons (Fsp3) is 0.446. The molecule has 0 N–H and O–H groups in total. The largest absolute Gasteiger partial charge is 0.376 e. The highest BCUT2D eigenvalue weighted by Crippen LogP contribution is 2.57. The number of nitrogens with zero attached hydrogens (tertiary/aromatic N) is 2. The van der Waals surface area contributed by atoms with Crippen molar-refractivity contribution in [2.75, 3.05) is 9.71 Å². The summed E-state index contributed by atoms with van der Waals surface area (Å²) in [5.41, 5.74) is 24.5. The molecule has 3 heterocycles. The number of thiophene rings is 1. The van der Waals surface area contributed by atoms with E-state index in [4.69, 9.17) is 0 Å². The maximum absolute atomic E-state index is 2.86. The van der Waals surface area contributed by atoms with Crippen molar-refractivity contribution in [1.29, 1.82) is 0 Å². The molecule has 3 aliphatic carbocycles. The van der Waals surface area contributed by atoms with Gasteiger partial charge in [0.2, 0.25) is 0 Å². The van der Waals surface area contributed by atoms with E-state index in [1.165, 1.54) is 154 Å². The lowest BCUT2D eigenvalue weighted by Gasteiger charge is -2.49. The summed E-state index contributed by atoms with van der Waals surface area (Å²) in [6, 6.07) is 37.8. The molecule has 0 saturated carbocycles. The fourth-order valence-corrected chi connectivity index (χ4v) is 15.1. The average Bonchev–Trinajstić information content (AvgIpc) is 3.67. The maximum atomic E-state index is 2.86. The summed E-state index contributed by atoms with van der Waals surface area (Å²) in [7, 11) is 0. The number of anilines is 5. The van der Waals surface area contributed by atoms with Crippen LogP contribution in [0.1, 0.15) is 187 Å². The van der Waals surface area contributed by atoms with Gasteiger partial charge in [-0.2, -0.15) is 0 Å². The van der Waals surface area contributed by atoms with Crippen LogP contribution >= 0.6 is 11.3 Å². The molecule has 1 aromatic heterocycles. The third kappa shape index (κ3) is 6.48. The van der Waals surface area contributed by atoms with E-state index in [9.17, 15) is 0 Å². The molecule has 5 aliphatic rings. The van der Waals surface area contributed by atoms with Gasteiger partial charge >= 0.3 is 6.85 Å². The molecule has 0 spiro atoms. The number of benzene rings is 6. The Kier molecular flexibility index (Phi) is 9.34. The molecule has 354 valence electrons. The molecule has 0 amide bonds. The van der Waals surface area contributed by atoms with Crippen LogP contribution in [0.2, 0.25) is 0 Å². The molecular formula is C65H75BN2S. The Morgan fingerprint density at radius 2 is 1.00 bits per heavy atom. The first-order chi connectivity index (χ1) is 32.2. The van der Waals surface area contributed by atoms with Gasteiger partial charge in [0.1, 0.15) is 0 Å². The van der Waals surface area contributed by atoms with Gasteiger partial charge in [-0.15, -0.1) is 11.3 Å². The van der Waals surface area contributed by atoms with Crippen molar-refractivity contribution in [1.82, 2.24) is 0 Å². The summed E-state index contributed by atoms with van der Waals surface area (Å²) in [4.78, 5) is 5.62. The maximum Gasteiger partial charge on any atom is 0.333 e. The molecule has 0 radical (unpaired) electrons. The van der Waals surface area contributed by atoms with Gasteiger partial charge in [0.15, 0.2) is 0 Å². The molecular weight excluding hydrogens is 852 g/mol. The van der Waals surface area contributed by atoms with E-state index in [-0.39, 0.29) is 44.8 Å². The summed E-state index contributed by atoms with van der Waals surface area (Å²) < 4.78 is 2.72. The fourth-order valence-electron chi connectivity index (χ4n) is 14.0. The van der Waals surface area contributed by atoms with E-state index >= 15 is 0 Å². The Hall–Kier alpha value is -4.80. The first-order valence-corrected chi connectivity index (χ1v) is 27.2. The van der Waals surface area contributed by atoms with Crippen molar-refractivity contribution in [3.63, 3.8) is 0 Å². The van der Waals surface area contributed by atoms with Gasteiger partial charge in [0.25, 0.3) is 0 Å². The Labute approximate surface area is 419 Å². The summed E-state index contributed by atoms with van der Waals surface area (Å²) in [5, 5.41) is 2.77. The van der Waals surface area contributed by atoms with Crippen molar-refractivity contribution in [2.24, 2.45) is 0 Å². The normalized spacial score (nSPS) is 20.7. The van der Waals surface area contributed by atoms with E-state index in [1.807, 2.05) is 11.3 Å². The molecule has 0 atom stereocenters. The summed E-state index contributed by atoms with van der Waals surface area (Å²) in [5.74, 6) is 0. The van der Waals surface area contributed by atoms with Gasteiger partial charge in [-0.1, -0.05) is 140 Å². The van der Waals surface area contributed by atoms with Gasteiger partial charge in [0, 0.05) is 43.4 Å². The molecule has 0 unspecified atom stereocenters. The topological polar surface area (TPSA) is 6.48 Å². The van der Waals surface area contributed by atoms with Gasteiger partial charge in [-0.25, -0.2) is 0 Å². The van der Waals surface area contributed by atoms with Crippen LogP contribution in [-0.4, -0.2) is 6.85 Å². The van der Waals surface area contributed by atoms with Gasteiger partial charge in [0.05, 0.1) is 0 Å². The highest BCUT2D eigenvalue weighted by Gasteiger charge is 2.50. The van der Waals surface area contributed by atoms with Crippen LogP contribution in [0.5, 0.6) is 0 Å². The third-order valence-electron chi connectivity index (χ3n) is 18.9. The first kappa shape index (κ1) is 45.4. The Morgan fingerprint density at radius 1 is 0.464 bits per heavy atom. The van der Waals surface area contributed by atoms with Crippen LogP contribution in [0, 0.1) is 6.92 Å². The Balaban J connectivity index is 1.27. The van der Waals surface area contributed by atoms with E-state index in [0.29, 0.717) is 0 Å². The molecule has 4 heteroatoms. The SMILES string of the molecule is Cc1cc2c(cc1N1c3cc(C(C)(C)C)cc4c3B(c3c1ccc1sc5ccccc5c31)N(c1ccc3c(c1)C(C)(C)CCC3(C)C)c1cc3c(cc1-4)C(C)(C)CCC3(C)C)C(C)(C)CCC2(C)C. The van der Waals surface area contributed by atoms with Gasteiger partial charge in [-0.05, 0) is 210 Å². The molecule has 0 bridgehead atoms. The second kappa shape index (κ2) is 14.2. The molecule has 2 aliphatic heterocycles. The van der Waals surface area contributed by atoms with Crippen LogP contribution in [0.3, 0.4) is 0 Å². The summed E-state index contributed by atoms with van der Waals surface area (Å²) >= 11 is 1.96. The quantitative estimate of drug-likeness (QED) is 0.159. The number of rotatable bonds is 2. The van der Waals surface area contributed by atoms with E-state index < -0.39 is 0 Å². The van der Waals surface area contributed by atoms with E-state index in [1.54, 1.807) is 0 Å². The molecule has 2 nitrogen and oxygen atoms in total. The minimum Gasteiger partial charge on any atom is -0.376 e. The van der Waals surface area contributed by atoms with Crippen molar-refractivity contribution >= 4 is 77.7 Å². The molecule has 12 rings (SSSR count). The monoisotopic (exact) mass is 927 g/mol. The zero-order valence-electron chi connectivity index (χ0n) is 44.8. The highest BCUT2D eigenvalue weighted by atomic mass is 32.1. The second-order valence-corrected chi connectivity index (χ2v) is 28.5. The number of hydrogen-bond donors (Lipinski definition) is 0. The number of fused-ring (bicyclic) bond motifs is 11. The lowest BCUT2D eigenvalue weighted by atomic mass is 9.42. The molecule has 6 aromatic carbocycles. The minimum absolute atomic E-state index is 0.0521. The summed E-state index contributed by atoms with van der Waals surface area (Å²) in [6.45, 7) is 39.4. The van der Waals surface area contributed by atoms with Crippen molar-refractivity contribution < 1.29 is 0 Å². The predicted octanol–water partition coefficient (Wildman–Crippen LogP) is 17.4. The molecule has 0 saturated heterocycles. The van der Waals surface area contributed by atoms with Gasteiger partial charge in [-0.3, -0.25) is 0 Å².